The van der Waals surface area contributed by atoms with E-state index in [2.05, 4.69) is 20.6 Å². The van der Waals surface area contributed by atoms with Gasteiger partial charge in [-0.15, -0.1) is 0 Å². The summed E-state index contributed by atoms with van der Waals surface area (Å²) in [6.45, 7) is 4.23. The van der Waals surface area contributed by atoms with Gasteiger partial charge in [0.1, 0.15) is 15.7 Å². The Bertz CT molecular complexity index is 1000. The van der Waals surface area contributed by atoms with Crippen LogP contribution in [0, 0.1) is 13.8 Å². The lowest BCUT2D eigenvalue weighted by atomic mass is 9.93. The van der Waals surface area contributed by atoms with E-state index in [0.29, 0.717) is 36.6 Å². The minimum absolute atomic E-state index is 0.0925. The zero-order valence-corrected chi connectivity index (χ0v) is 17.3. The Labute approximate surface area is 170 Å². The summed E-state index contributed by atoms with van der Waals surface area (Å²) in [5.74, 6) is 0.109. The molecule has 9 nitrogen and oxygen atoms in total. The molecule has 0 radical (unpaired) electrons. The predicted molar refractivity (Wildman–Crippen MR) is 113 cm³/mol. The van der Waals surface area contributed by atoms with Crippen molar-refractivity contribution < 1.29 is 13.2 Å². The molecule has 0 atom stereocenters. The lowest BCUT2D eigenvalue weighted by Crippen LogP contribution is -2.51. The molecule has 1 saturated heterocycles. The summed E-state index contributed by atoms with van der Waals surface area (Å²) in [5, 5.41) is 6.31. The molecule has 1 aliphatic rings. The van der Waals surface area contributed by atoms with Gasteiger partial charge in [-0.2, -0.15) is 0 Å². The summed E-state index contributed by atoms with van der Waals surface area (Å²) in [6.07, 6.45) is 2.29. The third-order valence-corrected chi connectivity index (χ3v) is 6.60. The Morgan fingerprint density at radius 2 is 1.90 bits per heavy atom. The van der Waals surface area contributed by atoms with E-state index in [-0.39, 0.29) is 17.2 Å². The van der Waals surface area contributed by atoms with Crippen LogP contribution in [0.3, 0.4) is 0 Å². The topological polar surface area (TPSA) is 153 Å². The van der Waals surface area contributed by atoms with Gasteiger partial charge in [-0.05, 0) is 50.5 Å². The smallest absolute Gasteiger partial charge is 0.269 e. The van der Waals surface area contributed by atoms with Crippen molar-refractivity contribution in [1.82, 2.24) is 9.97 Å². The molecule has 1 aliphatic heterocycles. The second kappa shape index (κ2) is 7.96. The molecule has 1 amide bonds. The Hall–Kier alpha value is -2.72. The largest absolute Gasteiger partial charge is 0.382 e. The predicted octanol–water partition coefficient (Wildman–Crippen LogP) is 1.25. The van der Waals surface area contributed by atoms with Crippen LogP contribution >= 0.6 is 0 Å². The molecule has 10 heteroatoms. The van der Waals surface area contributed by atoms with Crippen molar-refractivity contribution in [3.05, 3.63) is 41.3 Å². The number of nitrogens with one attached hydrogen (secondary N) is 2. The molecule has 2 aromatic rings. The molecular formula is C19H26N6O3S. The summed E-state index contributed by atoms with van der Waals surface area (Å²) in [7, 11) is -2.99. The first-order valence-corrected chi connectivity index (χ1v) is 11.1. The highest BCUT2D eigenvalue weighted by Crippen LogP contribution is 2.25. The van der Waals surface area contributed by atoms with E-state index in [1.54, 1.807) is 6.07 Å². The summed E-state index contributed by atoms with van der Waals surface area (Å²) in [4.78, 5) is 20.4. The van der Waals surface area contributed by atoms with Crippen molar-refractivity contribution in [2.75, 3.05) is 28.7 Å². The van der Waals surface area contributed by atoms with E-state index in [1.165, 1.54) is 6.20 Å². The molecule has 0 spiro atoms. The molecule has 156 valence electrons. The number of anilines is 3. The van der Waals surface area contributed by atoms with E-state index in [4.69, 9.17) is 11.5 Å². The first kappa shape index (κ1) is 21.0. The first-order valence-electron chi connectivity index (χ1n) is 9.31. The quantitative estimate of drug-likeness (QED) is 0.547. The van der Waals surface area contributed by atoms with Gasteiger partial charge >= 0.3 is 0 Å². The fraction of sp³-hybridized carbons (Fsp3) is 0.421. The maximum absolute atomic E-state index is 11.8. The Morgan fingerprint density at radius 3 is 2.52 bits per heavy atom. The molecule has 0 saturated carbocycles. The van der Waals surface area contributed by atoms with Crippen LogP contribution in [-0.2, 0) is 9.84 Å². The number of aryl methyl sites for hydroxylation is 2. The van der Waals surface area contributed by atoms with Crippen LogP contribution in [0.4, 0.5) is 17.2 Å². The van der Waals surface area contributed by atoms with E-state index in [1.807, 2.05) is 26.0 Å². The van der Waals surface area contributed by atoms with Crippen molar-refractivity contribution in [2.24, 2.45) is 11.5 Å². The van der Waals surface area contributed by atoms with Crippen LogP contribution in [0.15, 0.2) is 24.4 Å². The van der Waals surface area contributed by atoms with Crippen LogP contribution < -0.4 is 22.1 Å². The van der Waals surface area contributed by atoms with Crippen LogP contribution in [0.25, 0.3) is 0 Å². The van der Waals surface area contributed by atoms with Gasteiger partial charge in [-0.1, -0.05) is 0 Å². The minimum Gasteiger partial charge on any atom is -0.382 e. The van der Waals surface area contributed by atoms with Crippen molar-refractivity contribution >= 4 is 32.9 Å². The highest BCUT2D eigenvalue weighted by Gasteiger charge is 2.33. The maximum Gasteiger partial charge on any atom is 0.269 e. The normalized spacial score (nSPS) is 17.5. The van der Waals surface area contributed by atoms with E-state index in [0.717, 1.165) is 11.3 Å². The van der Waals surface area contributed by atoms with Gasteiger partial charge in [0, 0.05) is 17.8 Å². The maximum atomic E-state index is 11.8. The number of carbonyl (C=O) groups is 1. The molecule has 3 rings (SSSR count). The van der Waals surface area contributed by atoms with Gasteiger partial charge in [0.15, 0.2) is 5.69 Å². The number of rotatable bonds is 6. The average Bonchev–Trinajstić information content (AvgIpc) is 2.62. The molecule has 0 aromatic carbocycles. The summed E-state index contributed by atoms with van der Waals surface area (Å²) in [6, 6.07) is 5.52. The number of sulfone groups is 1. The summed E-state index contributed by atoms with van der Waals surface area (Å²) in [5.41, 5.74) is 14.2. The monoisotopic (exact) mass is 418 g/mol. The molecule has 0 aliphatic carbocycles. The zero-order valence-electron chi connectivity index (χ0n) is 16.5. The lowest BCUT2D eigenvalue weighted by Gasteiger charge is -2.33. The summed E-state index contributed by atoms with van der Waals surface area (Å²) >= 11 is 0. The molecule has 6 N–H and O–H groups in total. The molecule has 29 heavy (non-hydrogen) atoms. The van der Waals surface area contributed by atoms with Gasteiger partial charge < -0.3 is 22.1 Å². The van der Waals surface area contributed by atoms with Crippen molar-refractivity contribution in [1.29, 1.82) is 0 Å². The first-order chi connectivity index (χ1) is 13.6. The third-order valence-electron chi connectivity index (χ3n) is 4.95. The van der Waals surface area contributed by atoms with E-state index < -0.39 is 21.3 Å². The Morgan fingerprint density at radius 1 is 1.21 bits per heavy atom. The fourth-order valence-electron chi connectivity index (χ4n) is 3.30. The number of hydrogen-bond donors (Lipinski definition) is 4. The molecular weight excluding hydrogens is 392 g/mol. The van der Waals surface area contributed by atoms with Crippen molar-refractivity contribution in [2.45, 2.75) is 32.2 Å². The van der Waals surface area contributed by atoms with E-state index in [9.17, 15) is 13.2 Å². The number of primary amides is 1. The molecule has 1 fully saturated rings. The van der Waals surface area contributed by atoms with Crippen molar-refractivity contribution in [3.63, 3.8) is 0 Å². The van der Waals surface area contributed by atoms with Gasteiger partial charge in [0.25, 0.3) is 5.91 Å². The van der Waals surface area contributed by atoms with E-state index >= 15 is 0 Å². The van der Waals surface area contributed by atoms with Crippen LogP contribution in [0.5, 0.6) is 0 Å². The van der Waals surface area contributed by atoms with Crippen LogP contribution in [0.2, 0.25) is 0 Å². The van der Waals surface area contributed by atoms with Crippen LogP contribution in [-0.4, -0.2) is 47.9 Å². The number of aromatic nitrogens is 2. The molecule has 0 unspecified atom stereocenters. The lowest BCUT2D eigenvalue weighted by molar-refractivity contribution is 0.0996. The second-order valence-corrected chi connectivity index (χ2v) is 9.95. The SMILES string of the molecule is Cc1cc(C)nc(Nc2cc(NCC3(N)CCS(=O)(=O)CC3)cnc2C(N)=O)c1. The molecule has 2 aromatic heterocycles. The van der Waals surface area contributed by atoms with Crippen molar-refractivity contribution in [3.8, 4) is 0 Å². The number of amides is 1. The Balaban J connectivity index is 1.78. The highest BCUT2D eigenvalue weighted by atomic mass is 32.2. The van der Waals surface area contributed by atoms with Gasteiger partial charge in [-0.3, -0.25) is 4.79 Å². The van der Waals surface area contributed by atoms with Crippen LogP contribution in [0.1, 0.15) is 34.6 Å². The number of carbonyl (C=O) groups excluding carboxylic acids is 1. The standard InChI is InChI=1S/C19H26N6O3S/c1-12-7-13(2)24-16(8-12)25-15-9-14(10-22-17(15)18(20)26)23-11-19(21)3-5-29(27,28)6-4-19/h7-10,23H,3-6,11,21H2,1-2H3,(H2,20,26)(H,24,25). The number of nitrogens with zero attached hydrogens (tertiary/aromatic N) is 2. The minimum atomic E-state index is -2.99. The molecule has 0 bridgehead atoms. The third kappa shape index (κ3) is 5.42. The Kier molecular flexibility index (Phi) is 5.76. The van der Waals surface area contributed by atoms with Gasteiger partial charge in [0.05, 0.1) is 29.1 Å². The fourth-order valence-corrected chi connectivity index (χ4v) is 4.94. The number of nitrogens with two attached hydrogens (primary N) is 2. The molecule has 3 heterocycles. The zero-order chi connectivity index (χ0) is 21.2. The number of hydrogen-bond acceptors (Lipinski definition) is 8. The summed E-state index contributed by atoms with van der Waals surface area (Å²) < 4.78 is 23.3. The second-order valence-electron chi connectivity index (χ2n) is 7.65. The highest BCUT2D eigenvalue weighted by molar-refractivity contribution is 7.91. The van der Waals surface area contributed by atoms with Gasteiger partial charge in [0.2, 0.25) is 0 Å². The number of pyridine rings is 2. The van der Waals surface area contributed by atoms with Gasteiger partial charge in [-0.25, -0.2) is 18.4 Å². The average molecular weight is 419 g/mol.